The van der Waals surface area contributed by atoms with Crippen LogP contribution in [0.25, 0.3) is 0 Å². The number of hydrogen-bond acceptors (Lipinski definition) is 4. The molecular weight excluding hydrogens is 362 g/mol. The van der Waals surface area contributed by atoms with Crippen molar-refractivity contribution in [1.82, 2.24) is 20.1 Å². The Bertz CT molecular complexity index is 793. The Labute approximate surface area is 165 Å². The van der Waals surface area contributed by atoms with Gasteiger partial charge in [0.2, 0.25) is 5.91 Å². The third kappa shape index (κ3) is 4.61. The zero-order chi connectivity index (χ0) is 19.6. The Balaban J connectivity index is 1.51. The number of amides is 1. The highest BCUT2D eigenvalue weighted by atomic mass is 35.5. The first-order chi connectivity index (χ1) is 12.8. The van der Waals surface area contributed by atoms with Crippen LogP contribution in [-0.2, 0) is 18.3 Å². The van der Waals surface area contributed by atoms with E-state index >= 15 is 0 Å². The molecule has 27 heavy (non-hydrogen) atoms. The Morgan fingerprint density at radius 3 is 2.59 bits per heavy atom. The first-order valence-corrected chi connectivity index (χ1v) is 9.89. The van der Waals surface area contributed by atoms with Gasteiger partial charge in [-0.05, 0) is 57.7 Å². The van der Waals surface area contributed by atoms with Crippen LogP contribution in [0.1, 0.15) is 36.7 Å². The number of halogens is 1. The lowest BCUT2D eigenvalue weighted by atomic mass is 9.95. The molecule has 146 valence electrons. The average Bonchev–Trinajstić information content (AvgIpc) is 2.88. The zero-order valence-electron chi connectivity index (χ0n) is 16.5. The van der Waals surface area contributed by atoms with Crippen molar-refractivity contribution in [3.05, 3.63) is 40.3 Å². The van der Waals surface area contributed by atoms with E-state index < -0.39 is 0 Å². The van der Waals surface area contributed by atoms with E-state index in [9.17, 15) is 4.79 Å². The molecule has 0 saturated carbocycles. The predicted molar refractivity (Wildman–Crippen MR) is 108 cm³/mol. The highest BCUT2D eigenvalue weighted by molar-refractivity contribution is 6.30. The quantitative estimate of drug-likeness (QED) is 0.853. The molecule has 0 unspecified atom stereocenters. The Morgan fingerprint density at radius 2 is 2.04 bits per heavy atom. The molecule has 1 N–H and O–H groups in total. The fourth-order valence-electron chi connectivity index (χ4n) is 3.76. The largest absolute Gasteiger partial charge is 0.357 e. The smallest absolute Gasteiger partial charge is 0.223 e. The van der Waals surface area contributed by atoms with Gasteiger partial charge in [-0.2, -0.15) is 5.10 Å². The summed E-state index contributed by atoms with van der Waals surface area (Å²) >= 11 is 5.90. The molecule has 3 rings (SSSR count). The SMILES string of the molecule is Cc1nn(C)c(C)c1C[C@@H](C)NC(=O)C1CCN(c2ccc(Cl)cn2)CC1. The van der Waals surface area contributed by atoms with Crippen molar-refractivity contribution >= 4 is 23.3 Å². The second kappa shape index (κ2) is 8.30. The van der Waals surface area contributed by atoms with Crippen LogP contribution < -0.4 is 10.2 Å². The maximum absolute atomic E-state index is 12.7. The van der Waals surface area contributed by atoms with Crippen molar-refractivity contribution in [2.24, 2.45) is 13.0 Å². The molecule has 1 aliphatic rings. The van der Waals surface area contributed by atoms with Crippen molar-refractivity contribution in [3.8, 4) is 0 Å². The minimum absolute atomic E-state index is 0.0621. The van der Waals surface area contributed by atoms with Crippen LogP contribution in [0.3, 0.4) is 0 Å². The summed E-state index contributed by atoms with van der Waals surface area (Å²) in [7, 11) is 1.96. The summed E-state index contributed by atoms with van der Waals surface area (Å²) in [6.45, 7) is 7.84. The summed E-state index contributed by atoms with van der Waals surface area (Å²) in [5, 5.41) is 8.30. The fraction of sp³-hybridized carbons (Fsp3) is 0.550. The van der Waals surface area contributed by atoms with Crippen molar-refractivity contribution in [3.63, 3.8) is 0 Å². The first-order valence-electron chi connectivity index (χ1n) is 9.51. The second-order valence-corrected chi connectivity index (χ2v) is 7.92. The van der Waals surface area contributed by atoms with Crippen LogP contribution in [0.4, 0.5) is 5.82 Å². The van der Waals surface area contributed by atoms with Crippen molar-refractivity contribution < 1.29 is 4.79 Å². The standard InChI is InChI=1S/C20H28ClN5O/c1-13(11-18-14(2)24-25(4)15(18)3)23-20(27)16-7-9-26(10-8-16)19-6-5-17(21)12-22-19/h5-6,12-13,16H,7-11H2,1-4H3,(H,23,27)/t13-/m1/s1. The van der Waals surface area contributed by atoms with Crippen molar-refractivity contribution in [2.75, 3.05) is 18.0 Å². The summed E-state index contributed by atoms with van der Waals surface area (Å²) in [6, 6.07) is 3.88. The molecule has 3 heterocycles. The molecule has 1 fully saturated rings. The molecule has 0 bridgehead atoms. The summed E-state index contributed by atoms with van der Waals surface area (Å²) in [6.07, 6.45) is 4.16. The van der Waals surface area contributed by atoms with Gasteiger partial charge >= 0.3 is 0 Å². The average molecular weight is 390 g/mol. The van der Waals surface area contributed by atoms with E-state index in [4.69, 9.17) is 11.6 Å². The maximum atomic E-state index is 12.7. The lowest BCUT2D eigenvalue weighted by Gasteiger charge is -2.32. The summed E-state index contributed by atoms with van der Waals surface area (Å²) in [5.74, 6) is 1.15. The van der Waals surface area contributed by atoms with Gasteiger partial charge in [-0.1, -0.05) is 11.6 Å². The minimum atomic E-state index is 0.0621. The molecule has 1 aliphatic heterocycles. The maximum Gasteiger partial charge on any atom is 0.223 e. The van der Waals surface area contributed by atoms with E-state index in [1.807, 2.05) is 30.8 Å². The minimum Gasteiger partial charge on any atom is -0.357 e. The monoisotopic (exact) mass is 389 g/mol. The van der Waals surface area contributed by atoms with Crippen LogP contribution in [-0.4, -0.2) is 39.8 Å². The van der Waals surface area contributed by atoms with E-state index in [1.165, 1.54) is 5.56 Å². The van der Waals surface area contributed by atoms with Crippen LogP contribution >= 0.6 is 11.6 Å². The molecule has 0 aromatic carbocycles. The molecule has 1 atom stereocenters. The Hall–Kier alpha value is -2.08. The molecule has 6 nitrogen and oxygen atoms in total. The van der Waals surface area contributed by atoms with E-state index in [0.717, 1.165) is 49.6 Å². The molecule has 2 aromatic heterocycles. The van der Waals surface area contributed by atoms with Gasteiger partial charge in [0.1, 0.15) is 5.82 Å². The van der Waals surface area contributed by atoms with Gasteiger partial charge < -0.3 is 10.2 Å². The number of hydrogen-bond donors (Lipinski definition) is 1. The van der Waals surface area contributed by atoms with Gasteiger partial charge in [-0.15, -0.1) is 0 Å². The van der Waals surface area contributed by atoms with E-state index in [0.29, 0.717) is 5.02 Å². The summed E-state index contributed by atoms with van der Waals surface area (Å²) < 4.78 is 1.90. The van der Waals surface area contributed by atoms with Gasteiger partial charge in [-0.3, -0.25) is 9.48 Å². The molecule has 1 saturated heterocycles. The van der Waals surface area contributed by atoms with Gasteiger partial charge in [0.25, 0.3) is 0 Å². The van der Waals surface area contributed by atoms with E-state index in [2.05, 4.69) is 34.1 Å². The van der Waals surface area contributed by atoms with Crippen LogP contribution in [0.5, 0.6) is 0 Å². The third-order valence-corrected chi connectivity index (χ3v) is 5.68. The number of piperidine rings is 1. The number of aryl methyl sites for hydroxylation is 2. The number of aromatic nitrogens is 3. The number of nitrogens with one attached hydrogen (secondary N) is 1. The van der Waals surface area contributed by atoms with Crippen LogP contribution in [0.2, 0.25) is 5.02 Å². The molecule has 0 spiro atoms. The summed E-state index contributed by atoms with van der Waals surface area (Å²) in [4.78, 5) is 19.3. The number of carbonyl (C=O) groups is 1. The second-order valence-electron chi connectivity index (χ2n) is 7.48. The number of nitrogens with zero attached hydrogens (tertiary/aromatic N) is 4. The molecule has 0 aliphatic carbocycles. The molecule has 1 amide bonds. The highest BCUT2D eigenvalue weighted by Gasteiger charge is 2.26. The number of rotatable bonds is 5. The van der Waals surface area contributed by atoms with Crippen molar-refractivity contribution in [1.29, 1.82) is 0 Å². The van der Waals surface area contributed by atoms with E-state index in [1.54, 1.807) is 6.20 Å². The molecule has 7 heteroatoms. The van der Waals surface area contributed by atoms with E-state index in [-0.39, 0.29) is 17.9 Å². The van der Waals surface area contributed by atoms with Gasteiger partial charge in [0.15, 0.2) is 0 Å². The number of anilines is 1. The Kier molecular flexibility index (Phi) is 6.05. The Morgan fingerprint density at radius 1 is 1.33 bits per heavy atom. The topological polar surface area (TPSA) is 63.1 Å². The first kappa shape index (κ1) is 19.7. The summed E-state index contributed by atoms with van der Waals surface area (Å²) in [5.41, 5.74) is 3.44. The fourth-order valence-corrected chi connectivity index (χ4v) is 3.87. The van der Waals surface area contributed by atoms with Crippen molar-refractivity contribution in [2.45, 2.75) is 46.1 Å². The van der Waals surface area contributed by atoms with Gasteiger partial charge in [0, 0.05) is 44.0 Å². The lowest BCUT2D eigenvalue weighted by Crippen LogP contribution is -2.44. The highest BCUT2D eigenvalue weighted by Crippen LogP contribution is 2.23. The lowest BCUT2D eigenvalue weighted by molar-refractivity contribution is -0.126. The van der Waals surface area contributed by atoms with Crippen LogP contribution in [0.15, 0.2) is 18.3 Å². The van der Waals surface area contributed by atoms with Crippen LogP contribution in [0, 0.1) is 19.8 Å². The number of carbonyl (C=O) groups excluding carboxylic acids is 1. The third-order valence-electron chi connectivity index (χ3n) is 5.46. The normalized spacial score (nSPS) is 16.4. The zero-order valence-corrected chi connectivity index (χ0v) is 17.3. The number of pyridine rings is 1. The predicted octanol–water partition coefficient (Wildman–Crippen LogP) is 3.05. The molecule has 0 radical (unpaired) electrons. The van der Waals surface area contributed by atoms with Gasteiger partial charge in [0.05, 0.1) is 10.7 Å². The van der Waals surface area contributed by atoms with Gasteiger partial charge in [-0.25, -0.2) is 4.98 Å². The molecular formula is C20H28ClN5O. The molecule has 2 aromatic rings.